The van der Waals surface area contributed by atoms with Crippen molar-refractivity contribution in [1.82, 2.24) is 14.9 Å². The Bertz CT molecular complexity index is 931. The van der Waals surface area contributed by atoms with Gasteiger partial charge in [-0.3, -0.25) is 9.59 Å². The summed E-state index contributed by atoms with van der Waals surface area (Å²) in [5.74, 6) is 0.527. The van der Waals surface area contributed by atoms with Crippen LogP contribution in [0, 0.1) is 0 Å². The van der Waals surface area contributed by atoms with Crippen molar-refractivity contribution in [3.05, 3.63) is 64.4 Å². The average molecular weight is 400 g/mol. The molecule has 0 radical (unpaired) electrons. The van der Waals surface area contributed by atoms with E-state index in [1.807, 2.05) is 47.9 Å². The zero-order chi connectivity index (χ0) is 18.0. The lowest BCUT2D eigenvalue weighted by molar-refractivity contribution is -0.119. The molecule has 2 aromatic carbocycles. The van der Waals surface area contributed by atoms with E-state index in [0.717, 1.165) is 15.5 Å². The van der Waals surface area contributed by atoms with E-state index < -0.39 is 0 Å². The van der Waals surface area contributed by atoms with Gasteiger partial charge in [-0.15, -0.1) is 0 Å². The summed E-state index contributed by atoms with van der Waals surface area (Å²) in [4.78, 5) is 28.8. The van der Waals surface area contributed by atoms with Crippen molar-refractivity contribution in [2.75, 3.05) is 0 Å². The Labute approximate surface area is 154 Å². The summed E-state index contributed by atoms with van der Waals surface area (Å²) >= 11 is 3.35. The first kappa shape index (κ1) is 17.4. The summed E-state index contributed by atoms with van der Waals surface area (Å²) in [6, 6.07) is 14.5. The Morgan fingerprint density at radius 1 is 1.16 bits per heavy atom. The molecule has 1 atom stereocenters. The second kappa shape index (κ2) is 7.19. The molecule has 0 aliphatic heterocycles. The maximum Gasteiger partial charge on any atom is 0.251 e. The number of carbonyl (C=O) groups is 2. The summed E-state index contributed by atoms with van der Waals surface area (Å²) in [5.41, 5.74) is 2.27. The van der Waals surface area contributed by atoms with Crippen LogP contribution in [0.4, 0.5) is 0 Å². The second-order valence-corrected chi connectivity index (χ2v) is 6.78. The second-order valence-electron chi connectivity index (χ2n) is 5.86. The minimum absolute atomic E-state index is 0.0450. The minimum atomic E-state index is -0.341. The van der Waals surface area contributed by atoms with Crippen molar-refractivity contribution in [2.24, 2.45) is 0 Å². The van der Waals surface area contributed by atoms with E-state index in [9.17, 15) is 9.59 Å². The smallest absolute Gasteiger partial charge is 0.251 e. The van der Waals surface area contributed by atoms with E-state index >= 15 is 0 Å². The zero-order valence-corrected chi connectivity index (χ0v) is 15.6. The van der Waals surface area contributed by atoms with E-state index in [1.165, 1.54) is 0 Å². The molecule has 0 saturated heterocycles. The summed E-state index contributed by atoms with van der Waals surface area (Å²) in [6.07, 6.45) is 0. The highest BCUT2D eigenvalue weighted by molar-refractivity contribution is 9.10. The molecule has 0 spiro atoms. The standard InChI is InChI=1S/C19H18BrN3O2/c1-12(13(2)24)23-17-6-4-3-5-16(17)22-18(23)11-21-19(25)14-7-9-15(20)10-8-14/h3-10,12H,11H2,1-2H3,(H,21,25). The molecular weight excluding hydrogens is 382 g/mol. The van der Waals surface area contributed by atoms with Crippen LogP contribution in [0.2, 0.25) is 0 Å². The van der Waals surface area contributed by atoms with Crippen molar-refractivity contribution >= 4 is 38.7 Å². The van der Waals surface area contributed by atoms with Gasteiger partial charge in [-0.1, -0.05) is 28.1 Å². The lowest BCUT2D eigenvalue weighted by Gasteiger charge is -2.15. The lowest BCUT2D eigenvalue weighted by Crippen LogP contribution is -2.26. The molecule has 0 bridgehead atoms. The number of ketones is 1. The van der Waals surface area contributed by atoms with Gasteiger partial charge in [0.15, 0.2) is 5.78 Å². The monoisotopic (exact) mass is 399 g/mol. The van der Waals surface area contributed by atoms with Gasteiger partial charge in [0.25, 0.3) is 5.91 Å². The lowest BCUT2D eigenvalue weighted by atomic mass is 10.2. The van der Waals surface area contributed by atoms with Gasteiger partial charge in [0, 0.05) is 10.0 Å². The molecule has 3 aromatic rings. The van der Waals surface area contributed by atoms with Gasteiger partial charge in [0.05, 0.1) is 23.6 Å². The van der Waals surface area contributed by atoms with E-state index in [4.69, 9.17) is 0 Å². The third kappa shape index (κ3) is 3.64. The summed E-state index contributed by atoms with van der Waals surface area (Å²) in [6.45, 7) is 3.65. The average Bonchev–Trinajstić information content (AvgIpc) is 2.97. The Morgan fingerprint density at radius 2 is 1.84 bits per heavy atom. The molecule has 6 heteroatoms. The number of nitrogens with zero attached hydrogens (tertiary/aromatic N) is 2. The number of amides is 1. The van der Waals surface area contributed by atoms with Crippen molar-refractivity contribution < 1.29 is 9.59 Å². The number of Topliss-reactive ketones (excluding diaryl/α,β-unsaturated/α-hetero) is 1. The van der Waals surface area contributed by atoms with Gasteiger partial charge in [-0.2, -0.15) is 0 Å². The topological polar surface area (TPSA) is 64.0 Å². The quantitative estimate of drug-likeness (QED) is 0.707. The molecule has 0 saturated carbocycles. The maximum atomic E-state index is 12.3. The van der Waals surface area contributed by atoms with Gasteiger partial charge in [0.2, 0.25) is 0 Å². The van der Waals surface area contributed by atoms with Crippen LogP contribution >= 0.6 is 15.9 Å². The number of para-hydroxylation sites is 2. The number of carbonyl (C=O) groups excluding carboxylic acids is 2. The Hall–Kier alpha value is -2.47. The summed E-state index contributed by atoms with van der Waals surface area (Å²) in [7, 11) is 0. The highest BCUT2D eigenvalue weighted by atomic mass is 79.9. The molecule has 1 heterocycles. The molecule has 1 N–H and O–H groups in total. The molecule has 0 aliphatic rings. The number of imidazole rings is 1. The number of benzene rings is 2. The normalized spacial score (nSPS) is 12.1. The molecule has 0 aliphatic carbocycles. The molecule has 0 fully saturated rings. The van der Waals surface area contributed by atoms with Crippen LogP contribution in [0.3, 0.4) is 0 Å². The van der Waals surface area contributed by atoms with E-state index in [2.05, 4.69) is 26.2 Å². The van der Waals surface area contributed by atoms with Crippen LogP contribution in [0.5, 0.6) is 0 Å². The zero-order valence-electron chi connectivity index (χ0n) is 14.0. The number of hydrogen-bond donors (Lipinski definition) is 1. The van der Waals surface area contributed by atoms with Gasteiger partial charge in [-0.05, 0) is 50.2 Å². The molecule has 5 nitrogen and oxygen atoms in total. The Kier molecular flexibility index (Phi) is 4.99. The predicted molar refractivity (Wildman–Crippen MR) is 100 cm³/mol. The highest BCUT2D eigenvalue weighted by Gasteiger charge is 2.19. The molecule has 3 rings (SSSR count). The molecule has 25 heavy (non-hydrogen) atoms. The van der Waals surface area contributed by atoms with Crippen LogP contribution in [-0.4, -0.2) is 21.2 Å². The van der Waals surface area contributed by atoms with Crippen molar-refractivity contribution in [3.63, 3.8) is 0 Å². The Morgan fingerprint density at radius 3 is 2.52 bits per heavy atom. The third-order valence-electron chi connectivity index (χ3n) is 4.16. The molecule has 1 amide bonds. The van der Waals surface area contributed by atoms with E-state index in [-0.39, 0.29) is 24.3 Å². The predicted octanol–water partition coefficient (Wildman–Crippen LogP) is 3.88. The van der Waals surface area contributed by atoms with Crippen LogP contribution in [0.1, 0.15) is 36.1 Å². The van der Waals surface area contributed by atoms with E-state index in [1.54, 1.807) is 19.1 Å². The van der Waals surface area contributed by atoms with Crippen molar-refractivity contribution in [2.45, 2.75) is 26.4 Å². The first-order valence-corrected chi connectivity index (χ1v) is 8.76. The SMILES string of the molecule is CC(=O)C(C)n1c(CNC(=O)c2ccc(Br)cc2)nc2ccccc21. The third-order valence-corrected chi connectivity index (χ3v) is 4.69. The number of aromatic nitrogens is 2. The van der Waals surface area contributed by atoms with Gasteiger partial charge in [-0.25, -0.2) is 4.98 Å². The number of rotatable bonds is 5. The van der Waals surface area contributed by atoms with Crippen LogP contribution in [0.15, 0.2) is 53.0 Å². The minimum Gasteiger partial charge on any atom is -0.345 e. The summed E-state index contributed by atoms with van der Waals surface area (Å²) < 4.78 is 2.81. The first-order valence-electron chi connectivity index (χ1n) is 7.97. The fourth-order valence-electron chi connectivity index (χ4n) is 2.70. The number of hydrogen-bond acceptors (Lipinski definition) is 3. The Balaban J connectivity index is 1.88. The maximum absolute atomic E-state index is 12.3. The van der Waals surface area contributed by atoms with Crippen LogP contribution < -0.4 is 5.32 Å². The fourth-order valence-corrected chi connectivity index (χ4v) is 2.96. The molecular formula is C19H18BrN3O2. The molecule has 128 valence electrons. The molecule has 1 unspecified atom stereocenters. The fraction of sp³-hybridized carbons (Fsp3) is 0.211. The van der Waals surface area contributed by atoms with Gasteiger partial charge < -0.3 is 9.88 Å². The van der Waals surface area contributed by atoms with Crippen LogP contribution in [-0.2, 0) is 11.3 Å². The van der Waals surface area contributed by atoms with Crippen molar-refractivity contribution in [3.8, 4) is 0 Å². The highest BCUT2D eigenvalue weighted by Crippen LogP contribution is 2.22. The largest absolute Gasteiger partial charge is 0.345 e. The number of halogens is 1. The number of nitrogens with one attached hydrogen (secondary N) is 1. The first-order chi connectivity index (χ1) is 12.0. The van der Waals surface area contributed by atoms with E-state index in [0.29, 0.717) is 11.4 Å². The van der Waals surface area contributed by atoms with Crippen molar-refractivity contribution in [1.29, 1.82) is 0 Å². The summed E-state index contributed by atoms with van der Waals surface area (Å²) in [5, 5.41) is 2.88. The van der Waals surface area contributed by atoms with Crippen LogP contribution in [0.25, 0.3) is 11.0 Å². The molecule has 1 aromatic heterocycles. The van der Waals surface area contributed by atoms with Gasteiger partial charge >= 0.3 is 0 Å². The number of fused-ring (bicyclic) bond motifs is 1. The van der Waals surface area contributed by atoms with Gasteiger partial charge in [0.1, 0.15) is 5.82 Å².